The van der Waals surface area contributed by atoms with Gasteiger partial charge in [-0.3, -0.25) is 0 Å². The van der Waals surface area contributed by atoms with Gasteiger partial charge in [-0.25, -0.2) is 0 Å². The van der Waals surface area contributed by atoms with Crippen LogP contribution in [0.15, 0.2) is 291 Å². The van der Waals surface area contributed by atoms with E-state index >= 15 is 0 Å². The minimum atomic E-state index is -2.66. The summed E-state index contributed by atoms with van der Waals surface area (Å²) >= 11 is 0. The van der Waals surface area contributed by atoms with Crippen molar-refractivity contribution in [2.75, 3.05) is 4.90 Å². The van der Waals surface area contributed by atoms with Crippen molar-refractivity contribution >= 4 is 67.7 Å². The molecule has 326 valence electrons. The first-order valence-electron chi connectivity index (χ1n) is 23.7. The lowest BCUT2D eigenvalue weighted by Crippen LogP contribution is -2.74. The van der Waals surface area contributed by atoms with Gasteiger partial charge in [0.15, 0.2) is 8.07 Å². The van der Waals surface area contributed by atoms with Gasteiger partial charge in [0.1, 0.15) is 0 Å². The summed E-state index contributed by atoms with van der Waals surface area (Å²) in [6.07, 6.45) is 0. The van der Waals surface area contributed by atoms with Gasteiger partial charge in [0.05, 0.1) is 11.0 Å². The Balaban J connectivity index is 0.900. The fourth-order valence-electron chi connectivity index (χ4n) is 10.5. The van der Waals surface area contributed by atoms with Crippen LogP contribution in [-0.4, -0.2) is 12.6 Å². The van der Waals surface area contributed by atoms with E-state index in [0.717, 1.165) is 22.7 Å². The standard InChI is InChI=1S/C66H48N2Si/c1-7-20-49(21-8-1)54-36-44-63-64-47-53(37-45-65(64)68(66(63)48-54)56-26-11-3-12-27-56)52-23-19-22-51(46-52)50-34-38-57(39-35-50)67(55-24-9-2-10-25-55)58-40-42-62(43-41-58)69(59-28-13-4-14-29-59,60-30-15-5-16-31-60)61-32-17-6-18-33-61/h1-48H. The Bertz CT molecular complexity index is 3570. The Labute approximate surface area is 405 Å². The molecule has 1 heterocycles. The molecule has 0 aliphatic rings. The molecule has 0 atom stereocenters. The molecule has 0 bridgehead atoms. The number of aromatic nitrogens is 1. The van der Waals surface area contributed by atoms with Crippen molar-refractivity contribution in [2.24, 2.45) is 0 Å². The van der Waals surface area contributed by atoms with Crippen molar-refractivity contribution in [3.63, 3.8) is 0 Å². The molecule has 0 amide bonds. The second-order valence-corrected chi connectivity index (χ2v) is 21.5. The highest BCUT2D eigenvalue weighted by Crippen LogP contribution is 2.39. The highest BCUT2D eigenvalue weighted by molar-refractivity contribution is 7.19. The van der Waals surface area contributed by atoms with Crippen molar-refractivity contribution in [3.05, 3.63) is 291 Å². The van der Waals surface area contributed by atoms with E-state index in [1.165, 1.54) is 75.9 Å². The Hall–Kier alpha value is -8.76. The van der Waals surface area contributed by atoms with Crippen LogP contribution in [0.2, 0.25) is 0 Å². The first-order chi connectivity index (χ1) is 34.2. The molecule has 0 N–H and O–H groups in total. The van der Waals surface area contributed by atoms with Crippen molar-refractivity contribution in [1.29, 1.82) is 0 Å². The summed E-state index contributed by atoms with van der Waals surface area (Å²) in [5.74, 6) is 0. The summed E-state index contributed by atoms with van der Waals surface area (Å²) in [4.78, 5) is 2.37. The predicted molar refractivity (Wildman–Crippen MR) is 295 cm³/mol. The van der Waals surface area contributed by atoms with Gasteiger partial charge in [-0.2, -0.15) is 0 Å². The summed E-state index contributed by atoms with van der Waals surface area (Å²) in [6, 6.07) is 107. The second-order valence-electron chi connectivity index (χ2n) is 17.7. The number of benzene rings is 11. The van der Waals surface area contributed by atoms with Gasteiger partial charge in [-0.15, -0.1) is 0 Å². The number of fused-ring (bicyclic) bond motifs is 3. The van der Waals surface area contributed by atoms with Crippen molar-refractivity contribution < 1.29 is 0 Å². The molecule has 11 aromatic carbocycles. The molecule has 69 heavy (non-hydrogen) atoms. The topological polar surface area (TPSA) is 8.17 Å². The van der Waals surface area contributed by atoms with Crippen LogP contribution >= 0.6 is 0 Å². The molecule has 0 saturated heterocycles. The average molecular weight is 897 g/mol. The van der Waals surface area contributed by atoms with E-state index in [4.69, 9.17) is 0 Å². The number of rotatable bonds is 11. The zero-order valence-electron chi connectivity index (χ0n) is 38.1. The lowest BCUT2D eigenvalue weighted by Gasteiger charge is -2.35. The minimum absolute atomic E-state index is 1.10. The highest BCUT2D eigenvalue weighted by atomic mass is 28.3. The van der Waals surface area contributed by atoms with Crippen LogP contribution in [0, 0.1) is 0 Å². The van der Waals surface area contributed by atoms with Crippen LogP contribution in [0.3, 0.4) is 0 Å². The lowest BCUT2D eigenvalue weighted by molar-refractivity contribution is 1.18. The average Bonchev–Trinajstić information content (AvgIpc) is 3.76. The zero-order chi connectivity index (χ0) is 46.0. The molecule has 1 aromatic heterocycles. The van der Waals surface area contributed by atoms with Gasteiger partial charge >= 0.3 is 0 Å². The normalized spacial score (nSPS) is 11.5. The maximum absolute atomic E-state index is 2.66. The van der Waals surface area contributed by atoms with Crippen molar-refractivity contribution in [1.82, 2.24) is 4.57 Å². The number of hydrogen-bond donors (Lipinski definition) is 0. The maximum Gasteiger partial charge on any atom is 0.179 e. The monoisotopic (exact) mass is 896 g/mol. The van der Waals surface area contributed by atoms with E-state index in [1.54, 1.807) is 0 Å². The quantitative estimate of drug-likeness (QED) is 0.0928. The Morgan fingerprint density at radius 3 is 1.22 bits per heavy atom. The van der Waals surface area contributed by atoms with Crippen molar-refractivity contribution in [2.45, 2.75) is 0 Å². The number of anilines is 3. The largest absolute Gasteiger partial charge is 0.311 e. The lowest BCUT2D eigenvalue weighted by atomic mass is 9.97. The molecule has 0 spiro atoms. The predicted octanol–water partition coefficient (Wildman–Crippen LogP) is 14.6. The molecule has 0 unspecified atom stereocenters. The summed E-state index contributed by atoms with van der Waals surface area (Å²) in [5.41, 5.74) is 14.0. The fraction of sp³-hybridized carbons (Fsp3) is 0. The van der Waals surface area contributed by atoms with Gasteiger partial charge in [-0.05, 0) is 127 Å². The first-order valence-corrected chi connectivity index (χ1v) is 25.7. The van der Waals surface area contributed by atoms with E-state index in [9.17, 15) is 0 Å². The van der Waals surface area contributed by atoms with Crippen LogP contribution in [-0.2, 0) is 0 Å². The van der Waals surface area contributed by atoms with Crippen LogP contribution in [0.1, 0.15) is 0 Å². The molecule has 2 nitrogen and oxygen atoms in total. The smallest absolute Gasteiger partial charge is 0.179 e. The maximum atomic E-state index is 2.40. The fourth-order valence-corrected chi connectivity index (χ4v) is 15.2. The SMILES string of the molecule is c1ccc(-c2ccc3c4cc(-c5cccc(-c6ccc(N(c7ccccc7)c7ccc([Si](c8ccccc8)(c8ccccc8)c8ccccc8)cc7)cc6)c5)ccc4n(-c4ccccc4)c3c2)cc1. The summed E-state index contributed by atoms with van der Waals surface area (Å²) in [6.45, 7) is 0. The van der Waals surface area contributed by atoms with E-state index < -0.39 is 8.07 Å². The molecule has 0 radical (unpaired) electrons. The number of para-hydroxylation sites is 2. The Kier molecular flexibility index (Phi) is 11.0. The molecule has 12 aromatic rings. The van der Waals surface area contributed by atoms with Crippen LogP contribution in [0.4, 0.5) is 17.1 Å². The van der Waals surface area contributed by atoms with E-state index in [0.29, 0.717) is 0 Å². The van der Waals surface area contributed by atoms with Gasteiger partial charge in [0.25, 0.3) is 0 Å². The van der Waals surface area contributed by atoms with Crippen LogP contribution in [0.5, 0.6) is 0 Å². The first kappa shape index (κ1) is 41.7. The van der Waals surface area contributed by atoms with Crippen molar-refractivity contribution in [3.8, 4) is 39.1 Å². The van der Waals surface area contributed by atoms with Gasteiger partial charge < -0.3 is 9.47 Å². The second kappa shape index (κ2) is 18.1. The molecule has 0 aliphatic carbocycles. The molecule has 12 rings (SSSR count). The van der Waals surface area contributed by atoms with E-state index in [-0.39, 0.29) is 0 Å². The third kappa shape index (κ3) is 7.65. The Morgan fingerprint density at radius 2 is 0.638 bits per heavy atom. The highest BCUT2D eigenvalue weighted by Gasteiger charge is 2.41. The molecule has 0 fully saturated rings. The molecular weight excluding hydrogens is 849 g/mol. The van der Waals surface area contributed by atoms with E-state index in [1.807, 2.05) is 0 Å². The third-order valence-electron chi connectivity index (χ3n) is 13.7. The molecule has 0 aliphatic heterocycles. The number of hydrogen-bond acceptors (Lipinski definition) is 1. The summed E-state index contributed by atoms with van der Waals surface area (Å²) in [7, 11) is -2.66. The molecule has 0 saturated carbocycles. The molecular formula is C66H48N2Si. The summed E-state index contributed by atoms with van der Waals surface area (Å²) < 4.78 is 2.40. The van der Waals surface area contributed by atoms with Gasteiger partial charge in [-0.1, -0.05) is 218 Å². The van der Waals surface area contributed by atoms with E-state index in [2.05, 4.69) is 301 Å². The minimum Gasteiger partial charge on any atom is -0.311 e. The van der Waals surface area contributed by atoms with Gasteiger partial charge in [0.2, 0.25) is 0 Å². The third-order valence-corrected chi connectivity index (χ3v) is 18.5. The summed E-state index contributed by atoms with van der Waals surface area (Å²) in [5, 5.41) is 7.92. The van der Waals surface area contributed by atoms with Crippen LogP contribution < -0.4 is 25.6 Å². The van der Waals surface area contributed by atoms with Gasteiger partial charge in [0, 0.05) is 33.5 Å². The Morgan fingerprint density at radius 1 is 0.246 bits per heavy atom. The zero-order valence-corrected chi connectivity index (χ0v) is 39.1. The van der Waals surface area contributed by atoms with Crippen LogP contribution in [0.25, 0.3) is 60.9 Å². The molecule has 3 heteroatoms. The number of nitrogens with zero attached hydrogens (tertiary/aromatic N) is 2.